The molecule has 0 bridgehead atoms. The standard InChI is InChI=1S/C14H17BrN2O3/c1-19-11-4-6-16(7-5-11)9-17-12-3-2-10(15)8-13(12)20-14(17)18/h2-3,8,11H,4-7,9H2,1H3. The van der Waals surface area contributed by atoms with Crippen molar-refractivity contribution in [2.45, 2.75) is 25.6 Å². The number of benzene rings is 1. The van der Waals surface area contributed by atoms with Crippen LogP contribution in [0, 0.1) is 0 Å². The van der Waals surface area contributed by atoms with E-state index in [1.807, 2.05) is 18.2 Å². The zero-order valence-corrected chi connectivity index (χ0v) is 12.9. The van der Waals surface area contributed by atoms with E-state index in [1.54, 1.807) is 11.7 Å². The number of likely N-dealkylation sites (tertiary alicyclic amines) is 1. The van der Waals surface area contributed by atoms with Crippen LogP contribution >= 0.6 is 15.9 Å². The molecule has 0 amide bonds. The van der Waals surface area contributed by atoms with Gasteiger partial charge in [-0.05, 0) is 31.0 Å². The SMILES string of the molecule is COC1CCN(Cn2c(=O)oc3cc(Br)ccc32)CC1. The number of fused-ring (bicyclic) bond motifs is 1. The van der Waals surface area contributed by atoms with E-state index in [0.717, 1.165) is 35.9 Å². The number of ether oxygens (including phenoxy) is 1. The number of hydrogen-bond acceptors (Lipinski definition) is 4. The van der Waals surface area contributed by atoms with Crippen molar-refractivity contribution in [2.75, 3.05) is 20.2 Å². The molecule has 0 radical (unpaired) electrons. The molecule has 1 aliphatic rings. The zero-order chi connectivity index (χ0) is 14.1. The lowest BCUT2D eigenvalue weighted by Gasteiger charge is -2.30. The molecule has 1 aromatic carbocycles. The number of oxazole rings is 1. The molecule has 1 saturated heterocycles. The molecular formula is C14H17BrN2O3. The van der Waals surface area contributed by atoms with Crippen molar-refractivity contribution in [3.63, 3.8) is 0 Å². The number of hydrogen-bond donors (Lipinski definition) is 0. The monoisotopic (exact) mass is 340 g/mol. The zero-order valence-electron chi connectivity index (χ0n) is 11.3. The van der Waals surface area contributed by atoms with Crippen LogP contribution in [0.1, 0.15) is 12.8 Å². The quantitative estimate of drug-likeness (QED) is 0.860. The summed E-state index contributed by atoms with van der Waals surface area (Å²) < 4.78 is 13.3. The van der Waals surface area contributed by atoms with Crippen molar-refractivity contribution in [2.24, 2.45) is 0 Å². The van der Waals surface area contributed by atoms with Crippen molar-refractivity contribution in [3.05, 3.63) is 33.2 Å². The van der Waals surface area contributed by atoms with Crippen LogP contribution in [0.5, 0.6) is 0 Å². The molecule has 20 heavy (non-hydrogen) atoms. The van der Waals surface area contributed by atoms with Crippen LogP contribution in [-0.2, 0) is 11.4 Å². The van der Waals surface area contributed by atoms with Gasteiger partial charge >= 0.3 is 5.76 Å². The van der Waals surface area contributed by atoms with Crippen LogP contribution in [0.25, 0.3) is 11.1 Å². The van der Waals surface area contributed by atoms with Gasteiger partial charge in [0.2, 0.25) is 0 Å². The Bertz CT molecular complexity index is 656. The van der Waals surface area contributed by atoms with Crippen LogP contribution in [0.15, 0.2) is 31.9 Å². The van der Waals surface area contributed by atoms with Gasteiger partial charge in [-0.3, -0.25) is 9.47 Å². The molecule has 6 heteroatoms. The molecule has 2 heterocycles. The van der Waals surface area contributed by atoms with E-state index in [9.17, 15) is 4.79 Å². The van der Waals surface area contributed by atoms with Crippen LogP contribution < -0.4 is 5.76 Å². The average Bonchev–Trinajstić information content (AvgIpc) is 2.75. The fourth-order valence-electron chi connectivity index (χ4n) is 2.66. The molecule has 1 aromatic heterocycles. The molecule has 0 unspecified atom stereocenters. The van der Waals surface area contributed by atoms with E-state index in [-0.39, 0.29) is 5.76 Å². The highest BCUT2D eigenvalue weighted by Gasteiger charge is 2.20. The molecule has 0 N–H and O–H groups in total. The Kier molecular flexibility index (Phi) is 3.96. The van der Waals surface area contributed by atoms with Crippen LogP contribution in [0.3, 0.4) is 0 Å². The molecule has 2 aromatic rings. The highest BCUT2D eigenvalue weighted by Crippen LogP contribution is 2.20. The predicted octanol–water partition coefficient (Wildman–Crippen LogP) is 2.43. The van der Waals surface area contributed by atoms with E-state index in [1.165, 1.54) is 0 Å². The molecule has 108 valence electrons. The molecule has 0 saturated carbocycles. The molecule has 3 rings (SSSR count). The summed E-state index contributed by atoms with van der Waals surface area (Å²) in [6.07, 6.45) is 2.36. The van der Waals surface area contributed by atoms with Crippen molar-refractivity contribution in [3.8, 4) is 0 Å². The topological polar surface area (TPSA) is 47.6 Å². The van der Waals surface area contributed by atoms with E-state index in [0.29, 0.717) is 18.4 Å². The van der Waals surface area contributed by atoms with Gasteiger partial charge in [-0.25, -0.2) is 4.79 Å². The Morgan fingerprint density at radius 3 is 2.85 bits per heavy atom. The first-order chi connectivity index (χ1) is 9.67. The second kappa shape index (κ2) is 5.71. The Labute approximate surface area is 125 Å². The van der Waals surface area contributed by atoms with Crippen LogP contribution in [-0.4, -0.2) is 35.8 Å². The third-order valence-corrected chi connectivity index (χ3v) is 4.33. The van der Waals surface area contributed by atoms with Gasteiger partial charge in [-0.15, -0.1) is 0 Å². The molecule has 1 aliphatic heterocycles. The van der Waals surface area contributed by atoms with E-state index < -0.39 is 0 Å². The molecule has 0 atom stereocenters. The number of rotatable bonds is 3. The maximum absolute atomic E-state index is 12.0. The molecule has 1 fully saturated rings. The third kappa shape index (κ3) is 2.68. The number of methoxy groups -OCH3 is 1. The number of halogens is 1. The number of piperidine rings is 1. The van der Waals surface area contributed by atoms with Gasteiger partial charge in [0.05, 0.1) is 18.3 Å². The number of aromatic nitrogens is 1. The first kappa shape index (κ1) is 13.9. The van der Waals surface area contributed by atoms with Crippen molar-refractivity contribution < 1.29 is 9.15 Å². The van der Waals surface area contributed by atoms with Crippen molar-refractivity contribution in [1.29, 1.82) is 0 Å². The maximum Gasteiger partial charge on any atom is 0.421 e. The lowest BCUT2D eigenvalue weighted by atomic mass is 10.1. The van der Waals surface area contributed by atoms with E-state index in [4.69, 9.17) is 9.15 Å². The molecule has 0 aliphatic carbocycles. The van der Waals surface area contributed by atoms with Gasteiger partial charge in [0, 0.05) is 24.7 Å². The minimum atomic E-state index is -0.299. The highest BCUT2D eigenvalue weighted by molar-refractivity contribution is 9.10. The summed E-state index contributed by atoms with van der Waals surface area (Å²) >= 11 is 3.38. The van der Waals surface area contributed by atoms with Crippen molar-refractivity contribution in [1.82, 2.24) is 9.47 Å². The average molecular weight is 341 g/mol. The summed E-state index contributed by atoms with van der Waals surface area (Å²) in [7, 11) is 1.76. The second-order valence-corrected chi connectivity index (χ2v) is 6.02. The lowest BCUT2D eigenvalue weighted by Crippen LogP contribution is -2.39. The van der Waals surface area contributed by atoms with Gasteiger partial charge in [0.25, 0.3) is 0 Å². The summed E-state index contributed by atoms with van der Waals surface area (Å²) in [5.74, 6) is -0.299. The Morgan fingerprint density at radius 2 is 2.15 bits per heavy atom. The normalized spacial score (nSPS) is 17.9. The fourth-order valence-corrected chi connectivity index (χ4v) is 3.00. The summed E-state index contributed by atoms with van der Waals surface area (Å²) in [6, 6.07) is 5.65. The first-order valence-electron chi connectivity index (χ1n) is 6.71. The third-order valence-electron chi connectivity index (χ3n) is 3.84. The Morgan fingerprint density at radius 1 is 1.40 bits per heavy atom. The summed E-state index contributed by atoms with van der Waals surface area (Å²) in [6.45, 7) is 2.45. The van der Waals surface area contributed by atoms with E-state index >= 15 is 0 Å². The first-order valence-corrected chi connectivity index (χ1v) is 7.50. The van der Waals surface area contributed by atoms with Gasteiger partial charge in [-0.2, -0.15) is 0 Å². The minimum absolute atomic E-state index is 0.299. The van der Waals surface area contributed by atoms with Crippen LogP contribution in [0.2, 0.25) is 0 Å². The predicted molar refractivity (Wildman–Crippen MR) is 79.8 cm³/mol. The summed E-state index contributed by atoms with van der Waals surface area (Å²) in [5.41, 5.74) is 1.46. The summed E-state index contributed by atoms with van der Waals surface area (Å²) in [5, 5.41) is 0. The van der Waals surface area contributed by atoms with E-state index in [2.05, 4.69) is 20.8 Å². The highest BCUT2D eigenvalue weighted by atomic mass is 79.9. The van der Waals surface area contributed by atoms with Crippen molar-refractivity contribution >= 4 is 27.0 Å². The Balaban J connectivity index is 1.81. The van der Waals surface area contributed by atoms with Gasteiger partial charge < -0.3 is 9.15 Å². The van der Waals surface area contributed by atoms with Gasteiger partial charge in [0.15, 0.2) is 5.58 Å². The fraction of sp³-hybridized carbons (Fsp3) is 0.500. The summed E-state index contributed by atoms with van der Waals surface area (Å²) in [4.78, 5) is 14.2. The Hall–Kier alpha value is -1.11. The molecular weight excluding hydrogens is 324 g/mol. The lowest BCUT2D eigenvalue weighted by molar-refractivity contribution is 0.0316. The molecule has 5 nitrogen and oxygen atoms in total. The minimum Gasteiger partial charge on any atom is -0.408 e. The second-order valence-electron chi connectivity index (χ2n) is 5.10. The molecule has 0 spiro atoms. The number of nitrogens with zero attached hydrogens (tertiary/aromatic N) is 2. The smallest absolute Gasteiger partial charge is 0.408 e. The van der Waals surface area contributed by atoms with Gasteiger partial charge in [0.1, 0.15) is 0 Å². The van der Waals surface area contributed by atoms with Gasteiger partial charge in [-0.1, -0.05) is 15.9 Å². The van der Waals surface area contributed by atoms with Crippen LogP contribution in [0.4, 0.5) is 0 Å². The maximum atomic E-state index is 12.0. The largest absolute Gasteiger partial charge is 0.421 e.